The van der Waals surface area contributed by atoms with Crippen molar-refractivity contribution in [2.45, 2.75) is 19.4 Å². The molecule has 0 aliphatic heterocycles. The Labute approximate surface area is 127 Å². The van der Waals surface area contributed by atoms with Crippen molar-refractivity contribution in [1.29, 1.82) is 0 Å². The molecule has 1 unspecified atom stereocenters. The minimum absolute atomic E-state index is 0.0259. The normalized spacial score (nSPS) is 12.4. The maximum Gasteiger partial charge on any atom is 0.141 e. The van der Waals surface area contributed by atoms with Crippen molar-refractivity contribution < 1.29 is 4.39 Å². The number of hydrogen-bond acceptors (Lipinski definition) is 2. The molecule has 1 atom stereocenters. The molecule has 0 saturated heterocycles. The van der Waals surface area contributed by atoms with Crippen molar-refractivity contribution in [2.75, 3.05) is 6.54 Å². The first-order valence-electron chi connectivity index (χ1n) is 6.38. The third-order valence-corrected chi connectivity index (χ3v) is 3.71. The van der Waals surface area contributed by atoms with Crippen molar-refractivity contribution in [2.24, 2.45) is 0 Å². The fourth-order valence-electron chi connectivity index (χ4n) is 2.07. The second-order valence-corrected chi connectivity index (χ2v) is 5.27. The van der Waals surface area contributed by atoms with E-state index in [0.717, 1.165) is 17.7 Å². The zero-order valence-electron chi connectivity index (χ0n) is 11.0. The highest BCUT2D eigenvalue weighted by atomic mass is 35.5. The number of benzene rings is 1. The molecule has 1 heterocycles. The third kappa shape index (κ3) is 3.69. The molecule has 0 aliphatic rings. The molecule has 0 spiro atoms. The minimum atomic E-state index is -0.410. The summed E-state index contributed by atoms with van der Waals surface area (Å²) in [6.45, 7) is 2.81. The van der Waals surface area contributed by atoms with Crippen LogP contribution in [0.4, 0.5) is 4.39 Å². The highest BCUT2D eigenvalue weighted by Gasteiger charge is 2.14. The van der Waals surface area contributed by atoms with Gasteiger partial charge in [0.05, 0.1) is 10.0 Å². The SMILES string of the molecule is CCNC(Cc1ccncc1Cl)c1ccc(F)c(Cl)c1. The van der Waals surface area contributed by atoms with Crippen molar-refractivity contribution in [3.63, 3.8) is 0 Å². The summed E-state index contributed by atoms with van der Waals surface area (Å²) in [4.78, 5) is 3.97. The highest BCUT2D eigenvalue weighted by Crippen LogP contribution is 2.25. The van der Waals surface area contributed by atoms with Crippen LogP contribution in [0.2, 0.25) is 10.0 Å². The van der Waals surface area contributed by atoms with Crippen LogP contribution in [-0.2, 0) is 6.42 Å². The topological polar surface area (TPSA) is 24.9 Å². The fourth-order valence-corrected chi connectivity index (χ4v) is 2.46. The molecule has 0 saturated carbocycles. The molecule has 0 amide bonds. The second-order valence-electron chi connectivity index (χ2n) is 4.46. The van der Waals surface area contributed by atoms with Gasteiger partial charge in [0, 0.05) is 18.4 Å². The van der Waals surface area contributed by atoms with E-state index in [4.69, 9.17) is 23.2 Å². The van der Waals surface area contributed by atoms with E-state index in [1.165, 1.54) is 6.07 Å². The van der Waals surface area contributed by atoms with Gasteiger partial charge in [0.1, 0.15) is 5.82 Å². The van der Waals surface area contributed by atoms with Crippen LogP contribution >= 0.6 is 23.2 Å². The Morgan fingerprint density at radius 2 is 2.05 bits per heavy atom. The van der Waals surface area contributed by atoms with E-state index in [1.807, 2.05) is 13.0 Å². The van der Waals surface area contributed by atoms with Gasteiger partial charge in [-0.05, 0) is 42.3 Å². The van der Waals surface area contributed by atoms with E-state index < -0.39 is 5.82 Å². The molecule has 2 aromatic rings. The van der Waals surface area contributed by atoms with Crippen molar-refractivity contribution in [1.82, 2.24) is 10.3 Å². The van der Waals surface area contributed by atoms with Crippen LogP contribution in [0.1, 0.15) is 24.1 Å². The molecule has 0 fully saturated rings. The predicted octanol–water partition coefficient (Wildman–Crippen LogP) is 4.42. The Bertz CT molecular complexity index is 590. The van der Waals surface area contributed by atoms with E-state index in [9.17, 15) is 4.39 Å². The average Bonchev–Trinajstić information content (AvgIpc) is 2.44. The molecule has 0 aliphatic carbocycles. The fraction of sp³-hybridized carbons (Fsp3) is 0.267. The molecule has 0 radical (unpaired) electrons. The smallest absolute Gasteiger partial charge is 0.141 e. The van der Waals surface area contributed by atoms with Gasteiger partial charge in [-0.1, -0.05) is 36.2 Å². The Hall–Kier alpha value is -1.16. The number of aromatic nitrogens is 1. The lowest BCUT2D eigenvalue weighted by atomic mass is 9.99. The first-order chi connectivity index (χ1) is 9.61. The van der Waals surface area contributed by atoms with Gasteiger partial charge < -0.3 is 5.32 Å². The van der Waals surface area contributed by atoms with Gasteiger partial charge in [-0.15, -0.1) is 0 Å². The van der Waals surface area contributed by atoms with Crippen LogP contribution in [0.5, 0.6) is 0 Å². The zero-order valence-corrected chi connectivity index (χ0v) is 12.5. The number of nitrogens with zero attached hydrogens (tertiary/aromatic N) is 1. The lowest BCUT2D eigenvalue weighted by molar-refractivity contribution is 0.547. The Morgan fingerprint density at radius 1 is 1.25 bits per heavy atom. The van der Waals surface area contributed by atoms with E-state index in [0.29, 0.717) is 11.4 Å². The largest absolute Gasteiger partial charge is 0.310 e. The summed E-state index contributed by atoms with van der Waals surface area (Å²) < 4.78 is 13.3. The van der Waals surface area contributed by atoms with Gasteiger partial charge in [0.25, 0.3) is 0 Å². The van der Waals surface area contributed by atoms with Crippen LogP contribution in [0.3, 0.4) is 0 Å². The molecule has 106 valence electrons. The summed E-state index contributed by atoms with van der Waals surface area (Å²) in [5.74, 6) is -0.410. The van der Waals surface area contributed by atoms with E-state index >= 15 is 0 Å². The number of halogens is 3. The molecular weight excluding hydrogens is 298 g/mol. The Balaban J connectivity index is 2.27. The van der Waals surface area contributed by atoms with Gasteiger partial charge in [0.15, 0.2) is 0 Å². The molecule has 1 N–H and O–H groups in total. The quantitative estimate of drug-likeness (QED) is 0.884. The standard InChI is InChI=1S/C15H15Cl2FN2/c1-2-20-15(8-10-5-6-19-9-13(10)17)11-3-4-14(18)12(16)7-11/h3-7,9,15,20H,2,8H2,1H3. The summed E-state index contributed by atoms with van der Waals surface area (Å²) in [6, 6.07) is 6.69. The van der Waals surface area contributed by atoms with Gasteiger partial charge >= 0.3 is 0 Å². The van der Waals surface area contributed by atoms with Crippen LogP contribution in [0, 0.1) is 5.82 Å². The number of likely N-dealkylation sites (N-methyl/N-ethyl adjacent to an activating group) is 1. The van der Waals surface area contributed by atoms with E-state index in [1.54, 1.807) is 24.5 Å². The maximum atomic E-state index is 13.3. The molecule has 2 nitrogen and oxygen atoms in total. The molecule has 20 heavy (non-hydrogen) atoms. The molecule has 1 aromatic carbocycles. The molecule has 2 rings (SSSR count). The van der Waals surface area contributed by atoms with Crippen LogP contribution in [-0.4, -0.2) is 11.5 Å². The van der Waals surface area contributed by atoms with Crippen molar-refractivity contribution in [3.05, 3.63) is 63.6 Å². The monoisotopic (exact) mass is 312 g/mol. The average molecular weight is 313 g/mol. The number of rotatable bonds is 5. The number of pyridine rings is 1. The van der Waals surface area contributed by atoms with E-state index in [-0.39, 0.29) is 11.1 Å². The van der Waals surface area contributed by atoms with Gasteiger partial charge in [-0.2, -0.15) is 0 Å². The molecular formula is C15H15Cl2FN2. The number of hydrogen-bond donors (Lipinski definition) is 1. The Morgan fingerprint density at radius 3 is 2.70 bits per heavy atom. The van der Waals surface area contributed by atoms with Gasteiger partial charge in [-0.25, -0.2) is 4.39 Å². The Kier molecular flexibility index (Phi) is 5.35. The molecule has 0 bridgehead atoms. The van der Waals surface area contributed by atoms with Crippen LogP contribution in [0.25, 0.3) is 0 Å². The second kappa shape index (κ2) is 7.02. The van der Waals surface area contributed by atoms with E-state index in [2.05, 4.69) is 10.3 Å². The summed E-state index contributed by atoms with van der Waals surface area (Å²) in [7, 11) is 0. The lowest BCUT2D eigenvalue weighted by Gasteiger charge is -2.19. The summed E-state index contributed by atoms with van der Waals surface area (Å²) in [6.07, 6.45) is 4.02. The number of nitrogens with one attached hydrogen (secondary N) is 1. The molecule has 5 heteroatoms. The first kappa shape index (κ1) is 15.2. The summed E-state index contributed by atoms with van der Waals surface area (Å²) in [5.41, 5.74) is 1.93. The van der Waals surface area contributed by atoms with Crippen molar-refractivity contribution in [3.8, 4) is 0 Å². The minimum Gasteiger partial charge on any atom is -0.310 e. The first-order valence-corrected chi connectivity index (χ1v) is 7.14. The van der Waals surface area contributed by atoms with Gasteiger partial charge in [0.2, 0.25) is 0 Å². The third-order valence-electron chi connectivity index (χ3n) is 3.08. The zero-order chi connectivity index (χ0) is 14.5. The molecule has 1 aromatic heterocycles. The summed E-state index contributed by atoms with van der Waals surface area (Å²) in [5, 5.41) is 4.12. The van der Waals surface area contributed by atoms with Crippen molar-refractivity contribution >= 4 is 23.2 Å². The highest BCUT2D eigenvalue weighted by molar-refractivity contribution is 6.31. The maximum absolute atomic E-state index is 13.3. The van der Waals surface area contributed by atoms with Crippen LogP contribution in [0.15, 0.2) is 36.7 Å². The lowest BCUT2D eigenvalue weighted by Crippen LogP contribution is -2.23. The predicted molar refractivity (Wildman–Crippen MR) is 80.8 cm³/mol. The van der Waals surface area contributed by atoms with Gasteiger partial charge in [-0.3, -0.25) is 4.98 Å². The summed E-state index contributed by atoms with van der Waals surface area (Å²) >= 11 is 12.0. The van der Waals surface area contributed by atoms with Crippen LogP contribution < -0.4 is 5.32 Å².